The molecule has 182 valence electrons. The second kappa shape index (κ2) is 8.76. The number of benzene rings is 1. The van der Waals surface area contributed by atoms with Gasteiger partial charge in [0.1, 0.15) is 10.7 Å². The Morgan fingerprint density at radius 1 is 1.14 bits per heavy atom. The minimum absolute atomic E-state index is 0.0155. The van der Waals surface area contributed by atoms with Crippen molar-refractivity contribution < 1.29 is 17.9 Å². The Morgan fingerprint density at radius 2 is 1.89 bits per heavy atom. The first-order valence-corrected chi connectivity index (χ1v) is 11.4. The van der Waals surface area contributed by atoms with Crippen LogP contribution in [0.5, 0.6) is 0 Å². The van der Waals surface area contributed by atoms with Crippen molar-refractivity contribution in [1.82, 2.24) is 24.1 Å². The molecule has 0 aliphatic carbocycles. The van der Waals surface area contributed by atoms with Gasteiger partial charge < -0.3 is 4.74 Å². The molecular weight excluding hydrogens is 483 g/mol. The monoisotopic (exact) mass is 503 g/mol. The molecule has 0 saturated carbocycles. The van der Waals surface area contributed by atoms with Crippen LogP contribution in [0, 0.1) is 6.92 Å². The molecule has 0 amide bonds. The summed E-state index contributed by atoms with van der Waals surface area (Å²) in [5.41, 5.74) is 1.63. The van der Waals surface area contributed by atoms with Gasteiger partial charge in [0.25, 0.3) is 5.56 Å². The highest BCUT2D eigenvalue weighted by Gasteiger charge is 2.31. The van der Waals surface area contributed by atoms with E-state index in [2.05, 4.69) is 10.1 Å². The van der Waals surface area contributed by atoms with Crippen molar-refractivity contribution in [1.29, 1.82) is 0 Å². The smallest absolute Gasteiger partial charge is 0.373 e. The second-order valence-corrected chi connectivity index (χ2v) is 9.01. The number of alkyl halides is 3. The first-order valence-electron chi connectivity index (χ1n) is 11.0. The Balaban J connectivity index is 1.63. The number of hydrogen-bond acceptors (Lipinski definition) is 5. The van der Waals surface area contributed by atoms with Crippen LogP contribution in [0.3, 0.4) is 0 Å². The van der Waals surface area contributed by atoms with Gasteiger partial charge in [0.15, 0.2) is 5.65 Å². The van der Waals surface area contributed by atoms with Crippen LogP contribution in [-0.4, -0.2) is 30.8 Å². The molecule has 1 aliphatic heterocycles. The van der Waals surface area contributed by atoms with E-state index in [1.165, 1.54) is 16.5 Å². The number of ether oxygens (including phenoxy) is 1. The maximum atomic E-state index is 13.1. The van der Waals surface area contributed by atoms with E-state index in [9.17, 15) is 18.0 Å². The zero-order valence-electron chi connectivity index (χ0n) is 18.9. The Kier molecular flexibility index (Phi) is 5.88. The summed E-state index contributed by atoms with van der Waals surface area (Å²) in [6.45, 7) is 2.09. The van der Waals surface area contributed by atoms with Gasteiger partial charge in [0.05, 0.1) is 29.3 Å². The second-order valence-electron chi connectivity index (χ2n) is 8.63. The maximum Gasteiger partial charge on any atom is 0.416 e. The molecule has 1 aliphatic rings. The summed E-state index contributed by atoms with van der Waals surface area (Å²) in [6.07, 6.45) is 1.91. The molecule has 0 bridgehead atoms. The van der Waals surface area contributed by atoms with Crippen LogP contribution >= 0.6 is 11.6 Å². The molecule has 0 spiro atoms. The average Bonchev–Trinajstić information content (AvgIpc) is 3.28. The van der Waals surface area contributed by atoms with Crippen LogP contribution in [0.2, 0.25) is 5.02 Å². The maximum absolute atomic E-state index is 13.1. The van der Waals surface area contributed by atoms with E-state index in [0.29, 0.717) is 42.1 Å². The highest BCUT2D eigenvalue weighted by Crippen LogP contribution is 2.38. The van der Waals surface area contributed by atoms with E-state index >= 15 is 0 Å². The first kappa shape index (κ1) is 23.5. The molecule has 0 radical (unpaired) electrons. The van der Waals surface area contributed by atoms with Crippen LogP contribution in [0.15, 0.2) is 47.7 Å². The van der Waals surface area contributed by atoms with E-state index in [1.54, 1.807) is 24.0 Å². The molecule has 3 aromatic heterocycles. The molecule has 35 heavy (non-hydrogen) atoms. The summed E-state index contributed by atoms with van der Waals surface area (Å²) in [7, 11) is 1.83. The molecule has 1 aromatic carbocycles. The molecular formula is C24H21ClF3N5O2. The van der Waals surface area contributed by atoms with Crippen molar-refractivity contribution in [2.75, 3.05) is 6.61 Å². The fourth-order valence-corrected chi connectivity index (χ4v) is 4.49. The number of halogens is 4. The third kappa shape index (κ3) is 4.43. The van der Waals surface area contributed by atoms with Gasteiger partial charge in [-0.25, -0.2) is 9.97 Å². The summed E-state index contributed by atoms with van der Waals surface area (Å²) >= 11 is 6.20. The summed E-state index contributed by atoms with van der Waals surface area (Å²) < 4.78 is 48.3. The van der Waals surface area contributed by atoms with Crippen LogP contribution < -0.4 is 5.56 Å². The first-order chi connectivity index (χ1) is 16.6. The van der Waals surface area contributed by atoms with Crippen molar-refractivity contribution >= 4 is 17.2 Å². The number of rotatable bonds is 3. The Bertz CT molecular complexity index is 1460. The molecule has 1 fully saturated rings. The van der Waals surface area contributed by atoms with Crippen molar-refractivity contribution in [2.24, 2.45) is 7.05 Å². The summed E-state index contributed by atoms with van der Waals surface area (Å²) in [4.78, 5) is 22.3. The number of hydrogen-bond donors (Lipinski definition) is 0. The van der Waals surface area contributed by atoms with Crippen molar-refractivity contribution in [3.63, 3.8) is 0 Å². The lowest BCUT2D eigenvalue weighted by atomic mass is 9.90. The lowest BCUT2D eigenvalue weighted by Gasteiger charge is -2.29. The van der Waals surface area contributed by atoms with Crippen LogP contribution in [0.1, 0.15) is 47.4 Å². The molecule has 0 unspecified atom stereocenters. The third-order valence-corrected chi connectivity index (χ3v) is 6.66. The highest BCUT2D eigenvalue weighted by molar-refractivity contribution is 6.31. The molecule has 5 rings (SSSR count). The Hall–Kier alpha value is -3.24. The minimum Gasteiger partial charge on any atom is -0.373 e. The van der Waals surface area contributed by atoms with Gasteiger partial charge in [0.2, 0.25) is 0 Å². The zero-order valence-corrected chi connectivity index (χ0v) is 19.6. The molecule has 2 atom stereocenters. The van der Waals surface area contributed by atoms with Gasteiger partial charge in [0, 0.05) is 43.1 Å². The van der Waals surface area contributed by atoms with Gasteiger partial charge in [-0.3, -0.25) is 13.9 Å². The fraction of sp³-hybridized carbons (Fsp3) is 0.333. The largest absolute Gasteiger partial charge is 0.416 e. The predicted octanol–water partition coefficient (Wildman–Crippen LogP) is 5.11. The van der Waals surface area contributed by atoms with Gasteiger partial charge in [-0.1, -0.05) is 23.7 Å². The van der Waals surface area contributed by atoms with Crippen LogP contribution in [0.4, 0.5) is 13.2 Å². The number of nitrogens with zero attached hydrogens (tertiary/aromatic N) is 5. The van der Waals surface area contributed by atoms with E-state index in [-0.39, 0.29) is 22.7 Å². The van der Waals surface area contributed by atoms with Gasteiger partial charge >= 0.3 is 6.18 Å². The number of aryl methyl sites for hydroxylation is 2. The normalized spacial score (nSPS) is 18.8. The highest BCUT2D eigenvalue weighted by atomic mass is 35.5. The SMILES string of the molecule is Cc1nc2c(-c3ccc(C(F)(F)F)cc3)nc([C@@H]3CCO[C@@H](c4cnn(C)c4)C3)cn2c(=O)c1Cl. The van der Waals surface area contributed by atoms with E-state index < -0.39 is 17.3 Å². The Labute approximate surface area is 203 Å². The summed E-state index contributed by atoms with van der Waals surface area (Å²) in [5.74, 6) is -0.0569. The topological polar surface area (TPSA) is 74.3 Å². The van der Waals surface area contributed by atoms with Crippen molar-refractivity contribution in [3.8, 4) is 11.3 Å². The Morgan fingerprint density at radius 3 is 2.54 bits per heavy atom. The van der Waals surface area contributed by atoms with Crippen LogP contribution in [0.25, 0.3) is 16.9 Å². The molecule has 4 aromatic rings. The molecule has 7 nitrogen and oxygen atoms in total. The van der Waals surface area contributed by atoms with Crippen molar-refractivity contribution in [2.45, 2.75) is 38.0 Å². The standard InChI is InChI=1S/C24H21ClF3N5O2/c1-13-20(25)23(34)33-12-18(15-7-8-35-19(9-15)16-10-29-32(2)11-16)31-21(22(33)30-13)14-3-5-17(6-4-14)24(26,27)28/h3-6,10-12,15,19H,7-9H2,1-2H3/t15-,19-/m1/s1. The molecule has 4 heterocycles. The average molecular weight is 504 g/mol. The molecule has 0 N–H and O–H groups in total. The fourth-order valence-electron chi connectivity index (χ4n) is 4.36. The van der Waals surface area contributed by atoms with Gasteiger partial charge in [-0.05, 0) is 31.9 Å². The lowest BCUT2D eigenvalue weighted by Crippen LogP contribution is -2.23. The van der Waals surface area contributed by atoms with Gasteiger partial charge in [-0.15, -0.1) is 0 Å². The summed E-state index contributed by atoms with van der Waals surface area (Å²) in [6, 6.07) is 4.67. The number of fused-ring (bicyclic) bond motifs is 1. The van der Waals surface area contributed by atoms with E-state index in [4.69, 9.17) is 21.3 Å². The molecule has 11 heteroatoms. The number of aromatic nitrogens is 5. The summed E-state index contributed by atoms with van der Waals surface area (Å²) in [5, 5.41) is 4.20. The van der Waals surface area contributed by atoms with Crippen LogP contribution in [-0.2, 0) is 18.0 Å². The minimum atomic E-state index is -4.46. The van der Waals surface area contributed by atoms with E-state index in [0.717, 1.165) is 17.7 Å². The third-order valence-electron chi connectivity index (χ3n) is 6.22. The van der Waals surface area contributed by atoms with E-state index in [1.807, 2.05) is 13.2 Å². The zero-order chi connectivity index (χ0) is 24.9. The quantitative estimate of drug-likeness (QED) is 0.388. The van der Waals surface area contributed by atoms with Crippen molar-refractivity contribution in [3.05, 3.63) is 80.7 Å². The van der Waals surface area contributed by atoms with Gasteiger partial charge in [-0.2, -0.15) is 18.3 Å². The predicted molar refractivity (Wildman–Crippen MR) is 123 cm³/mol. The molecule has 1 saturated heterocycles. The lowest BCUT2D eigenvalue weighted by molar-refractivity contribution is -0.137.